The van der Waals surface area contributed by atoms with Crippen molar-refractivity contribution in [1.82, 2.24) is 9.97 Å². The van der Waals surface area contributed by atoms with Crippen LogP contribution in [0, 0.1) is 0 Å². The summed E-state index contributed by atoms with van der Waals surface area (Å²) in [5, 5.41) is 5.77. The fraction of sp³-hybridized carbons (Fsp3) is 0.231. The molecule has 4 N–H and O–H groups in total. The van der Waals surface area contributed by atoms with Crippen LogP contribution in [0.1, 0.15) is 30.1 Å². The fourth-order valence-corrected chi connectivity index (χ4v) is 4.02. The van der Waals surface area contributed by atoms with Crippen LogP contribution in [0.3, 0.4) is 0 Å². The molecule has 0 spiro atoms. The number of nitrogens with two attached hydrogens (primary N) is 1. The number of methoxy groups -OCH3 is 1. The molecule has 186 valence electrons. The Labute approximate surface area is 209 Å². The molecule has 1 aromatic heterocycles. The number of amides is 2. The van der Waals surface area contributed by atoms with E-state index in [1.807, 2.05) is 18.2 Å². The lowest BCUT2D eigenvalue weighted by atomic mass is 10.2. The second-order valence-electron chi connectivity index (χ2n) is 8.26. The molecule has 10 heteroatoms. The van der Waals surface area contributed by atoms with Gasteiger partial charge < -0.3 is 30.7 Å². The van der Waals surface area contributed by atoms with Crippen LogP contribution in [-0.4, -0.2) is 41.5 Å². The summed E-state index contributed by atoms with van der Waals surface area (Å²) in [5.74, 6) is -0.184. The van der Waals surface area contributed by atoms with Crippen LogP contribution in [0.5, 0.6) is 17.4 Å². The number of aromatic nitrogens is 2. The van der Waals surface area contributed by atoms with E-state index in [9.17, 15) is 9.59 Å². The highest BCUT2D eigenvalue weighted by molar-refractivity contribution is 6.00. The summed E-state index contributed by atoms with van der Waals surface area (Å²) < 4.78 is 11.5. The molecule has 1 atom stereocenters. The number of para-hydroxylation sites is 2. The molecule has 0 aliphatic carbocycles. The normalized spacial score (nSPS) is 14.7. The average molecular weight is 489 g/mol. The number of carbonyl (C=O) groups is 2. The van der Waals surface area contributed by atoms with Crippen LogP contribution in [0.25, 0.3) is 0 Å². The molecule has 0 unspecified atom stereocenters. The number of primary amides is 1. The summed E-state index contributed by atoms with van der Waals surface area (Å²) in [6.45, 7) is 6.66. The SMILES string of the molecule is C=CC(=O)Nc1ccccc1Oc1nc(Nc2ccc(N3CCC[C@@H]3C)cc2OC)ncc1C(N)=O. The van der Waals surface area contributed by atoms with Crippen molar-refractivity contribution in [2.45, 2.75) is 25.8 Å². The van der Waals surface area contributed by atoms with E-state index < -0.39 is 11.8 Å². The zero-order chi connectivity index (χ0) is 25.7. The summed E-state index contributed by atoms with van der Waals surface area (Å²) in [6.07, 6.45) is 4.74. The fourth-order valence-electron chi connectivity index (χ4n) is 4.02. The highest BCUT2D eigenvalue weighted by atomic mass is 16.5. The van der Waals surface area contributed by atoms with Crippen molar-refractivity contribution in [1.29, 1.82) is 0 Å². The van der Waals surface area contributed by atoms with Gasteiger partial charge in [0.25, 0.3) is 5.91 Å². The molecule has 2 aromatic carbocycles. The van der Waals surface area contributed by atoms with Crippen molar-refractivity contribution in [3.05, 3.63) is 66.9 Å². The lowest BCUT2D eigenvalue weighted by Crippen LogP contribution is -2.26. The first-order valence-electron chi connectivity index (χ1n) is 11.5. The summed E-state index contributed by atoms with van der Waals surface area (Å²) in [6, 6.07) is 13.1. The van der Waals surface area contributed by atoms with Crippen LogP contribution in [0.4, 0.5) is 23.0 Å². The van der Waals surface area contributed by atoms with Crippen LogP contribution < -0.4 is 30.7 Å². The number of benzene rings is 2. The van der Waals surface area contributed by atoms with E-state index in [0.29, 0.717) is 23.2 Å². The standard InChI is InChI=1S/C26H28N6O4/c1-4-23(33)29-19-9-5-6-10-21(19)36-25-18(24(27)34)15-28-26(31-25)30-20-12-11-17(14-22(20)35-3)32-13-7-8-16(32)2/h4-6,9-12,14-16H,1,7-8,13H2,2-3H3,(H2,27,34)(H,29,33)(H,28,30,31)/t16-/m0/s1. The molecule has 4 rings (SSSR count). The number of rotatable bonds is 9. The molecular formula is C26H28N6O4. The molecule has 0 saturated carbocycles. The van der Waals surface area contributed by atoms with Crippen molar-refractivity contribution in [3.63, 3.8) is 0 Å². The quantitative estimate of drug-likeness (QED) is 0.381. The van der Waals surface area contributed by atoms with Crippen LogP contribution in [0.15, 0.2) is 61.3 Å². The number of hydrogen-bond acceptors (Lipinski definition) is 8. The number of anilines is 4. The third-order valence-electron chi connectivity index (χ3n) is 5.87. The van der Waals surface area contributed by atoms with Crippen LogP contribution >= 0.6 is 0 Å². The molecule has 3 aromatic rings. The van der Waals surface area contributed by atoms with Gasteiger partial charge in [0.05, 0.1) is 18.5 Å². The molecule has 0 bridgehead atoms. The third kappa shape index (κ3) is 5.38. The van der Waals surface area contributed by atoms with E-state index in [1.165, 1.54) is 6.20 Å². The maximum Gasteiger partial charge on any atom is 0.255 e. The van der Waals surface area contributed by atoms with Gasteiger partial charge in [-0.1, -0.05) is 18.7 Å². The lowest BCUT2D eigenvalue weighted by Gasteiger charge is -2.25. The van der Waals surface area contributed by atoms with Crippen molar-refractivity contribution in [3.8, 4) is 17.4 Å². The maximum absolute atomic E-state index is 12.0. The van der Waals surface area contributed by atoms with Gasteiger partial charge in [-0.05, 0) is 50.1 Å². The first-order chi connectivity index (χ1) is 17.4. The van der Waals surface area contributed by atoms with Gasteiger partial charge >= 0.3 is 0 Å². The van der Waals surface area contributed by atoms with Gasteiger partial charge in [0.15, 0.2) is 5.75 Å². The molecule has 2 amide bonds. The molecule has 1 aliphatic rings. The van der Waals surface area contributed by atoms with Gasteiger partial charge in [0.2, 0.25) is 17.7 Å². The van der Waals surface area contributed by atoms with Gasteiger partial charge in [-0.3, -0.25) is 9.59 Å². The Balaban J connectivity index is 1.63. The lowest BCUT2D eigenvalue weighted by molar-refractivity contribution is -0.111. The zero-order valence-corrected chi connectivity index (χ0v) is 20.2. The molecule has 1 saturated heterocycles. The second kappa shape index (κ2) is 10.8. The van der Waals surface area contributed by atoms with Gasteiger partial charge in [0, 0.05) is 30.5 Å². The molecule has 1 aliphatic heterocycles. The third-order valence-corrected chi connectivity index (χ3v) is 5.87. The number of hydrogen-bond donors (Lipinski definition) is 3. The van der Waals surface area contributed by atoms with E-state index in [2.05, 4.69) is 39.0 Å². The molecule has 10 nitrogen and oxygen atoms in total. The minimum Gasteiger partial charge on any atom is -0.494 e. The van der Waals surface area contributed by atoms with Crippen LogP contribution in [0.2, 0.25) is 0 Å². The molecule has 36 heavy (non-hydrogen) atoms. The highest BCUT2D eigenvalue weighted by Crippen LogP contribution is 2.35. The summed E-state index contributed by atoms with van der Waals surface area (Å²) in [5.41, 5.74) is 7.60. The first kappa shape index (κ1) is 24.5. The Hall–Kier alpha value is -4.60. The van der Waals surface area contributed by atoms with Gasteiger partial charge in [-0.15, -0.1) is 0 Å². The van der Waals surface area contributed by atoms with E-state index in [-0.39, 0.29) is 23.1 Å². The Bertz CT molecular complexity index is 1300. The van der Waals surface area contributed by atoms with Crippen molar-refractivity contribution in [2.75, 3.05) is 29.2 Å². The Morgan fingerprint density at radius 1 is 1.19 bits per heavy atom. The van der Waals surface area contributed by atoms with Crippen molar-refractivity contribution >= 4 is 34.8 Å². The summed E-state index contributed by atoms with van der Waals surface area (Å²) in [4.78, 5) is 34.7. The smallest absolute Gasteiger partial charge is 0.255 e. The minimum atomic E-state index is -0.758. The first-order valence-corrected chi connectivity index (χ1v) is 11.5. The predicted molar refractivity (Wildman–Crippen MR) is 138 cm³/mol. The van der Waals surface area contributed by atoms with Crippen LogP contribution in [-0.2, 0) is 4.79 Å². The maximum atomic E-state index is 12.0. The van der Waals surface area contributed by atoms with Gasteiger partial charge in [-0.2, -0.15) is 4.98 Å². The van der Waals surface area contributed by atoms with E-state index >= 15 is 0 Å². The average Bonchev–Trinajstić information content (AvgIpc) is 3.31. The molecule has 0 radical (unpaired) electrons. The number of nitrogens with zero attached hydrogens (tertiary/aromatic N) is 3. The minimum absolute atomic E-state index is 0.0178. The Morgan fingerprint density at radius 2 is 2.00 bits per heavy atom. The topological polar surface area (TPSA) is 132 Å². The largest absolute Gasteiger partial charge is 0.494 e. The molecular weight excluding hydrogens is 460 g/mol. The second-order valence-corrected chi connectivity index (χ2v) is 8.26. The molecule has 1 fully saturated rings. The Morgan fingerprint density at radius 3 is 2.69 bits per heavy atom. The Kier molecular flexibility index (Phi) is 7.33. The van der Waals surface area contributed by atoms with E-state index in [4.69, 9.17) is 15.2 Å². The zero-order valence-electron chi connectivity index (χ0n) is 20.2. The summed E-state index contributed by atoms with van der Waals surface area (Å²) >= 11 is 0. The van der Waals surface area contributed by atoms with Gasteiger partial charge in [-0.25, -0.2) is 4.98 Å². The van der Waals surface area contributed by atoms with Crippen molar-refractivity contribution < 1.29 is 19.1 Å². The van der Waals surface area contributed by atoms with Gasteiger partial charge in [0.1, 0.15) is 11.3 Å². The van der Waals surface area contributed by atoms with E-state index in [0.717, 1.165) is 31.1 Å². The molecule has 2 heterocycles. The van der Waals surface area contributed by atoms with Crippen molar-refractivity contribution in [2.24, 2.45) is 5.73 Å². The predicted octanol–water partition coefficient (Wildman–Crippen LogP) is 4.23. The number of nitrogens with one attached hydrogen (secondary N) is 2. The number of ether oxygens (including phenoxy) is 2. The highest BCUT2D eigenvalue weighted by Gasteiger charge is 2.22. The monoisotopic (exact) mass is 488 g/mol. The summed E-state index contributed by atoms with van der Waals surface area (Å²) in [7, 11) is 1.60. The van der Waals surface area contributed by atoms with E-state index in [1.54, 1.807) is 31.4 Å². The number of carbonyl (C=O) groups excluding carboxylic acids is 2.